The topological polar surface area (TPSA) is 118 Å². The van der Waals surface area contributed by atoms with Gasteiger partial charge in [-0.3, -0.25) is 9.59 Å². The molecule has 8 heteroatoms. The highest BCUT2D eigenvalue weighted by Gasteiger charge is 2.38. The summed E-state index contributed by atoms with van der Waals surface area (Å²) in [5.41, 5.74) is -1.04. The molecule has 0 aromatic carbocycles. The zero-order valence-electron chi connectivity index (χ0n) is 14.5. The largest absolute Gasteiger partial charge is 0.481 e. The Bertz CT molecular complexity index is 408. The van der Waals surface area contributed by atoms with E-state index in [1.807, 2.05) is 0 Å². The van der Waals surface area contributed by atoms with E-state index >= 15 is 0 Å². The van der Waals surface area contributed by atoms with Crippen LogP contribution in [0, 0.1) is 5.41 Å². The van der Waals surface area contributed by atoms with E-state index in [0.29, 0.717) is 52.1 Å². The van der Waals surface area contributed by atoms with Gasteiger partial charge in [-0.25, -0.2) is 0 Å². The maximum atomic E-state index is 11.9. The van der Waals surface area contributed by atoms with Crippen molar-refractivity contribution in [2.45, 2.75) is 50.7 Å². The molecule has 0 aromatic rings. The molecule has 0 amide bonds. The molecule has 2 saturated heterocycles. The van der Waals surface area contributed by atoms with E-state index in [4.69, 9.17) is 24.1 Å². The lowest BCUT2D eigenvalue weighted by molar-refractivity contribution is -0.152. The van der Waals surface area contributed by atoms with Crippen molar-refractivity contribution in [3.8, 4) is 0 Å². The van der Waals surface area contributed by atoms with E-state index in [1.165, 1.54) is 0 Å². The van der Waals surface area contributed by atoms with Gasteiger partial charge < -0.3 is 29.2 Å². The lowest BCUT2D eigenvalue weighted by Gasteiger charge is -2.29. The molecule has 2 fully saturated rings. The molecule has 8 nitrogen and oxygen atoms in total. The van der Waals surface area contributed by atoms with Crippen LogP contribution in [0.5, 0.6) is 0 Å². The fraction of sp³-hybridized carbons (Fsp3) is 0.882. The van der Waals surface area contributed by atoms with E-state index in [0.717, 1.165) is 13.2 Å². The van der Waals surface area contributed by atoms with Gasteiger partial charge in [-0.05, 0) is 32.1 Å². The molecule has 0 aromatic heterocycles. The number of ether oxygens (including phenoxy) is 4. The Morgan fingerprint density at radius 1 is 0.920 bits per heavy atom. The van der Waals surface area contributed by atoms with Crippen molar-refractivity contribution in [2.75, 3.05) is 39.6 Å². The number of carboxylic acid groups (broad SMARTS) is 2. The van der Waals surface area contributed by atoms with Crippen molar-refractivity contribution in [3.05, 3.63) is 0 Å². The summed E-state index contributed by atoms with van der Waals surface area (Å²) in [5, 5.41) is 18.7. The predicted molar refractivity (Wildman–Crippen MR) is 86.5 cm³/mol. The van der Waals surface area contributed by atoms with Crippen molar-refractivity contribution in [1.29, 1.82) is 0 Å². The monoisotopic (exact) mass is 360 g/mol. The summed E-state index contributed by atoms with van der Waals surface area (Å²) in [6.45, 7) is 3.43. The van der Waals surface area contributed by atoms with E-state index in [-0.39, 0.29) is 25.0 Å². The van der Waals surface area contributed by atoms with Gasteiger partial charge in [0.05, 0.1) is 31.8 Å². The SMILES string of the molecule is O=C(O)CCC(CCCOCC1CO1)(CCCOCC1CO1)C(=O)O. The number of epoxide rings is 2. The average Bonchev–Trinajstić information content (AvgIpc) is 3.45. The average molecular weight is 360 g/mol. The molecule has 25 heavy (non-hydrogen) atoms. The molecule has 2 atom stereocenters. The van der Waals surface area contributed by atoms with Gasteiger partial charge in [0, 0.05) is 19.6 Å². The normalized spacial score (nSPS) is 23.8. The standard InChI is InChI=1S/C17H28O8/c18-15(19)3-6-17(16(20)21,4-1-7-22-9-13-11-24-13)5-2-8-23-10-14-12-25-14/h13-14H,1-12H2,(H,18,19)(H,20,21). The van der Waals surface area contributed by atoms with Crippen molar-refractivity contribution in [3.63, 3.8) is 0 Å². The zero-order valence-corrected chi connectivity index (χ0v) is 14.5. The minimum Gasteiger partial charge on any atom is -0.481 e. The first-order valence-corrected chi connectivity index (χ1v) is 8.86. The smallest absolute Gasteiger partial charge is 0.309 e. The third-order valence-electron chi connectivity index (χ3n) is 4.57. The van der Waals surface area contributed by atoms with Crippen molar-refractivity contribution in [1.82, 2.24) is 0 Å². The van der Waals surface area contributed by atoms with Crippen LogP contribution in [0.3, 0.4) is 0 Å². The Hall–Kier alpha value is -1.22. The van der Waals surface area contributed by atoms with Crippen molar-refractivity contribution < 1.29 is 38.7 Å². The molecule has 0 aliphatic carbocycles. The first-order chi connectivity index (χ1) is 12.0. The van der Waals surface area contributed by atoms with Gasteiger partial charge in [-0.1, -0.05) is 0 Å². The minimum atomic E-state index is -1.04. The maximum absolute atomic E-state index is 11.9. The van der Waals surface area contributed by atoms with E-state index in [9.17, 15) is 14.7 Å². The lowest BCUT2D eigenvalue weighted by Crippen LogP contribution is -2.33. The quantitative estimate of drug-likeness (QED) is 0.312. The second-order valence-electron chi connectivity index (χ2n) is 6.75. The second-order valence-corrected chi connectivity index (χ2v) is 6.75. The van der Waals surface area contributed by atoms with Crippen LogP contribution in [0.1, 0.15) is 38.5 Å². The second kappa shape index (κ2) is 10.1. The first-order valence-electron chi connectivity index (χ1n) is 8.86. The van der Waals surface area contributed by atoms with Gasteiger partial charge in [0.25, 0.3) is 0 Å². The molecular weight excluding hydrogens is 332 g/mol. The van der Waals surface area contributed by atoms with Gasteiger partial charge in [-0.15, -0.1) is 0 Å². The summed E-state index contributed by atoms with van der Waals surface area (Å²) in [6, 6.07) is 0. The molecule has 0 bridgehead atoms. The zero-order chi connectivity index (χ0) is 18.1. The molecule has 2 N–H and O–H groups in total. The molecule has 2 aliphatic rings. The third-order valence-corrected chi connectivity index (χ3v) is 4.57. The van der Waals surface area contributed by atoms with Crippen molar-refractivity contribution in [2.24, 2.45) is 5.41 Å². The van der Waals surface area contributed by atoms with Crippen LogP contribution >= 0.6 is 0 Å². The highest BCUT2D eigenvalue weighted by molar-refractivity contribution is 5.76. The molecule has 0 radical (unpaired) electrons. The van der Waals surface area contributed by atoms with Gasteiger partial charge in [0.15, 0.2) is 0 Å². The Morgan fingerprint density at radius 2 is 1.40 bits per heavy atom. The van der Waals surface area contributed by atoms with Gasteiger partial charge in [0.2, 0.25) is 0 Å². The van der Waals surface area contributed by atoms with Crippen molar-refractivity contribution >= 4 is 11.9 Å². The molecular formula is C17H28O8. The number of hydrogen-bond acceptors (Lipinski definition) is 6. The van der Waals surface area contributed by atoms with Gasteiger partial charge in [-0.2, -0.15) is 0 Å². The molecule has 2 rings (SSSR count). The Kier molecular flexibility index (Phi) is 8.08. The fourth-order valence-corrected chi connectivity index (χ4v) is 2.83. The van der Waals surface area contributed by atoms with Gasteiger partial charge >= 0.3 is 11.9 Å². The summed E-state index contributed by atoms with van der Waals surface area (Å²) in [6.07, 6.45) is 2.28. The molecule has 2 aliphatic heterocycles. The number of carboxylic acids is 2. The van der Waals surface area contributed by atoms with Crippen LogP contribution in [0.15, 0.2) is 0 Å². The molecule has 2 heterocycles. The Labute approximate surface area is 147 Å². The number of hydrogen-bond donors (Lipinski definition) is 2. The summed E-state index contributed by atoms with van der Waals surface area (Å²) >= 11 is 0. The number of aliphatic carboxylic acids is 2. The first kappa shape index (κ1) is 20.1. The Balaban J connectivity index is 1.74. The molecule has 0 saturated carbocycles. The minimum absolute atomic E-state index is 0.120. The van der Waals surface area contributed by atoms with E-state index in [1.54, 1.807) is 0 Å². The Morgan fingerprint density at radius 3 is 1.76 bits per heavy atom. The van der Waals surface area contributed by atoms with Crippen LogP contribution in [-0.2, 0) is 28.5 Å². The van der Waals surface area contributed by atoms with E-state index in [2.05, 4.69) is 0 Å². The van der Waals surface area contributed by atoms with Crippen LogP contribution in [-0.4, -0.2) is 74.0 Å². The van der Waals surface area contributed by atoms with Crippen LogP contribution in [0.25, 0.3) is 0 Å². The van der Waals surface area contributed by atoms with Crippen LogP contribution < -0.4 is 0 Å². The maximum Gasteiger partial charge on any atom is 0.309 e. The molecule has 2 unspecified atom stereocenters. The van der Waals surface area contributed by atoms with Gasteiger partial charge in [0.1, 0.15) is 12.2 Å². The molecule has 144 valence electrons. The summed E-state index contributed by atoms with van der Waals surface area (Å²) < 4.78 is 21.0. The summed E-state index contributed by atoms with van der Waals surface area (Å²) in [7, 11) is 0. The summed E-state index contributed by atoms with van der Waals surface area (Å²) in [4.78, 5) is 22.8. The number of carbonyl (C=O) groups is 2. The molecule has 0 spiro atoms. The van der Waals surface area contributed by atoms with Crippen LogP contribution in [0.4, 0.5) is 0 Å². The fourth-order valence-electron chi connectivity index (χ4n) is 2.83. The highest BCUT2D eigenvalue weighted by atomic mass is 16.6. The lowest BCUT2D eigenvalue weighted by atomic mass is 9.75. The van der Waals surface area contributed by atoms with E-state index < -0.39 is 17.4 Å². The van der Waals surface area contributed by atoms with Crippen LogP contribution in [0.2, 0.25) is 0 Å². The highest BCUT2D eigenvalue weighted by Crippen LogP contribution is 2.35. The summed E-state index contributed by atoms with van der Waals surface area (Å²) in [5.74, 6) is -1.92. The number of rotatable bonds is 16. The predicted octanol–water partition coefficient (Wildman–Crippen LogP) is 1.31. The third kappa shape index (κ3) is 8.13.